The van der Waals surface area contributed by atoms with Crippen LogP contribution in [0.25, 0.3) is 12.2 Å². The molecule has 0 bridgehead atoms. The second-order valence-electron chi connectivity index (χ2n) is 6.71. The van der Waals surface area contributed by atoms with Crippen molar-refractivity contribution in [1.29, 1.82) is 0 Å². The van der Waals surface area contributed by atoms with E-state index < -0.39 is 22.5 Å². The quantitative estimate of drug-likeness (QED) is 0.537. The maximum atomic E-state index is 13.8. The first-order valence-corrected chi connectivity index (χ1v) is 10.9. The van der Waals surface area contributed by atoms with Crippen LogP contribution in [0.1, 0.15) is 11.3 Å². The lowest BCUT2D eigenvalue weighted by Gasteiger charge is -2.30. The molecular weight excluding hydrogens is 445 g/mol. The molecule has 0 saturated carbocycles. The van der Waals surface area contributed by atoms with Crippen LogP contribution in [0, 0.1) is 5.82 Å². The van der Waals surface area contributed by atoms with Crippen LogP contribution in [0.3, 0.4) is 0 Å². The summed E-state index contributed by atoms with van der Waals surface area (Å²) in [5.41, 5.74) is 1.01. The maximum absolute atomic E-state index is 13.8. The Morgan fingerprint density at radius 3 is 2.72 bits per heavy atom. The molecule has 6 nitrogen and oxygen atoms in total. The highest BCUT2D eigenvalue weighted by molar-refractivity contribution is 7.92. The highest BCUT2D eigenvalue weighted by Gasteiger charge is 2.30. The van der Waals surface area contributed by atoms with E-state index in [1.54, 1.807) is 24.3 Å². The number of rotatable bonds is 6. The second-order valence-corrected chi connectivity index (χ2v) is 8.57. The zero-order valence-electron chi connectivity index (χ0n) is 16.5. The predicted molar refractivity (Wildman–Crippen MR) is 113 cm³/mol. The van der Waals surface area contributed by atoms with Gasteiger partial charge in [0.05, 0.1) is 22.8 Å². The molecule has 0 spiro atoms. The number of aromatic nitrogens is 1. The predicted octanol–water partition coefficient (Wildman–Crippen LogP) is 4.58. The number of hydrogen-bond donors (Lipinski definition) is 0. The van der Waals surface area contributed by atoms with Gasteiger partial charge in [-0.05, 0) is 48.0 Å². The number of pyridine rings is 1. The molecule has 1 aliphatic rings. The van der Waals surface area contributed by atoms with E-state index in [1.807, 2.05) is 0 Å². The summed E-state index contributed by atoms with van der Waals surface area (Å²) in [6, 6.07) is 12.6. The molecule has 2 heterocycles. The lowest BCUT2D eigenvalue weighted by molar-refractivity contribution is -0.0499. The van der Waals surface area contributed by atoms with E-state index in [0.717, 1.165) is 10.4 Å². The summed E-state index contributed by atoms with van der Waals surface area (Å²) in [6.45, 7) is -2.93. The summed E-state index contributed by atoms with van der Waals surface area (Å²) in [5, 5.41) is 0. The SMILES string of the molecule is O=S(=O)(c1cccc(OC(F)F)c1)N1CCOc2ccc(/C=C/c3ncccc3F)cc21. The van der Waals surface area contributed by atoms with Gasteiger partial charge in [0.2, 0.25) is 0 Å². The van der Waals surface area contributed by atoms with Crippen molar-refractivity contribution in [2.45, 2.75) is 11.5 Å². The molecule has 1 aromatic heterocycles. The van der Waals surface area contributed by atoms with Crippen molar-refractivity contribution < 1.29 is 31.1 Å². The van der Waals surface area contributed by atoms with E-state index >= 15 is 0 Å². The van der Waals surface area contributed by atoms with Gasteiger partial charge in [-0.15, -0.1) is 0 Å². The molecule has 10 heteroatoms. The van der Waals surface area contributed by atoms with Crippen LogP contribution < -0.4 is 13.8 Å². The Hall–Kier alpha value is -3.53. The number of fused-ring (bicyclic) bond motifs is 1. The molecule has 0 fully saturated rings. The van der Waals surface area contributed by atoms with Crippen LogP contribution in [0.2, 0.25) is 0 Å². The summed E-state index contributed by atoms with van der Waals surface area (Å²) in [5.74, 6) is -0.398. The Morgan fingerprint density at radius 1 is 1.09 bits per heavy atom. The average molecular weight is 462 g/mol. The molecule has 3 aromatic rings. The van der Waals surface area contributed by atoms with Crippen LogP contribution >= 0.6 is 0 Å². The van der Waals surface area contributed by atoms with E-state index in [9.17, 15) is 21.6 Å². The highest BCUT2D eigenvalue weighted by Crippen LogP contribution is 2.37. The van der Waals surface area contributed by atoms with Crippen molar-refractivity contribution in [3.05, 3.63) is 77.9 Å². The molecule has 0 N–H and O–H groups in total. The van der Waals surface area contributed by atoms with Crippen molar-refractivity contribution in [3.63, 3.8) is 0 Å². The fourth-order valence-corrected chi connectivity index (χ4v) is 4.68. The third kappa shape index (κ3) is 4.54. The number of ether oxygens (including phenoxy) is 2. The van der Waals surface area contributed by atoms with Gasteiger partial charge in [0.15, 0.2) is 0 Å². The number of halogens is 3. The smallest absolute Gasteiger partial charge is 0.387 e. The van der Waals surface area contributed by atoms with Crippen LogP contribution in [-0.4, -0.2) is 33.2 Å². The molecule has 2 aromatic carbocycles. The molecule has 0 saturated heterocycles. The van der Waals surface area contributed by atoms with Gasteiger partial charge in [0.25, 0.3) is 10.0 Å². The summed E-state index contributed by atoms with van der Waals surface area (Å²) in [6.07, 6.45) is 4.54. The molecule has 32 heavy (non-hydrogen) atoms. The van der Waals surface area contributed by atoms with Gasteiger partial charge >= 0.3 is 6.61 Å². The lowest BCUT2D eigenvalue weighted by atomic mass is 10.1. The van der Waals surface area contributed by atoms with Gasteiger partial charge in [0, 0.05) is 12.3 Å². The normalized spacial score (nSPS) is 13.8. The van der Waals surface area contributed by atoms with Crippen LogP contribution in [0.15, 0.2) is 65.7 Å². The van der Waals surface area contributed by atoms with Gasteiger partial charge in [-0.3, -0.25) is 9.29 Å². The zero-order chi connectivity index (χ0) is 22.7. The minimum absolute atomic E-state index is 0.0251. The van der Waals surface area contributed by atoms with Gasteiger partial charge in [0.1, 0.15) is 23.9 Å². The zero-order valence-corrected chi connectivity index (χ0v) is 17.3. The molecule has 0 radical (unpaired) electrons. The molecule has 166 valence electrons. The average Bonchev–Trinajstić information content (AvgIpc) is 2.77. The van der Waals surface area contributed by atoms with Crippen LogP contribution in [0.4, 0.5) is 18.9 Å². The summed E-state index contributed by atoms with van der Waals surface area (Å²) < 4.78 is 76.5. The van der Waals surface area contributed by atoms with Crippen molar-refractivity contribution in [1.82, 2.24) is 4.98 Å². The number of sulfonamides is 1. The standard InChI is InChI=1S/C22H17F3N2O4S/c23-18-5-2-10-26-19(18)8-6-15-7-9-21-20(13-15)27(11-12-30-21)32(28,29)17-4-1-3-16(14-17)31-22(24)25/h1-10,13-14,22H,11-12H2/b8-6+. The van der Waals surface area contributed by atoms with Gasteiger partial charge < -0.3 is 9.47 Å². The number of hydrogen-bond acceptors (Lipinski definition) is 5. The number of alkyl halides is 2. The van der Waals surface area contributed by atoms with Crippen LogP contribution in [-0.2, 0) is 10.0 Å². The number of benzene rings is 2. The minimum atomic E-state index is -4.09. The third-order valence-electron chi connectivity index (χ3n) is 4.64. The van der Waals surface area contributed by atoms with E-state index in [4.69, 9.17) is 4.74 Å². The largest absolute Gasteiger partial charge is 0.489 e. The first kappa shape index (κ1) is 21.7. The monoisotopic (exact) mass is 462 g/mol. The molecular formula is C22H17F3N2O4S. The summed E-state index contributed by atoms with van der Waals surface area (Å²) in [4.78, 5) is 3.75. The third-order valence-corrected chi connectivity index (χ3v) is 6.45. The first-order chi connectivity index (χ1) is 15.3. The van der Waals surface area contributed by atoms with E-state index in [2.05, 4.69) is 9.72 Å². The molecule has 4 rings (SSSR count). The van der Waals surface area contributed by atoms with Crippen molar-refractivity contribution >= 4 is 27.9 Å². The Balaban J connectivity index is 1.68. The topological polar surface area (TPSA) is 68.7 Å². The molecule has 0 amide bonds. The van der Waals surface area contributed by atoms with E-state index in [0.29, 0.717) is 11.3 Å². The summed E-state index contributed by atoms with van der Waals surface area (Å²) in [7, 11) is -4.09. The van der Waals surface area contributed by atoms with Crippen molar-refractivity contribution in [2.24, 2.45) is 0 Å². The molecule has 0 aliphatic carbocycles. The first-order valence-electron chi connectivity index (χ1n) is 9.48. The highest BCUT2D eigenvalue weighted by atomic mass is 32.2. The Morgan fingerprint density at radius 2 is 1.94 bits per heavy atom. The fourth-order valence-electron chi connectivity index (χ4n) is 3.20. The Bertz CT molecular complexity index is 1270. The fraction of sp³-hybridized carbons (Fsp3) is 0.136. The molecule has 0 unspecified atom stereocenters. The molecule has 1 aliphatic heterocycles. The molecule has 0 atom stereocenters. The van der Waals surface area contributed by atoms with Crippen molar-refractivity contribution in [3.8, 4) is 11.5 Å². The lowest BCUT2D eigenvalue weighted by Crippen LogP contribution is -2.38. The van der Waals surface area contributed by atoms with Crippen molar-refractivity contribution in [2.75, 3.05) is 17.5 Å². The Kier molecular flexibility index (Phi) is 6.04. The van der Waals surface area contributed by atoms with E-state index in [1.165, 1.54) is 42.6 Å². The summed E-state index contributed by atoms with van der Waals surface area (Å²) >= 11 is 0. The number of anilines is 1. The van der Waals surface area contributed by atoms with Gasteiger partial charge in [-0.25, -0.2) is 12.8 Å². The second kappa shape index (κ2) is 8.91. The minimum Gasteiger partial charge on any atom is -0.489 e. The number of nitrogens with zero attached hydrogens (tertiary/aromatic N) is 2. The van der Waals surface area contributed by atoms with Gasteiger partial charge in [-0.1, -0.05) is 18.2 Å². The van der Waals surface area contributed by atoms with E-state index in [-0.39, 0.29) is 35.2 Å². The maximum Gasteiger partial charge on any atom is 0.387 e. The Labute approximate surface area is 182 Å². The van der Waals surface area contributed by atoms with Crippen LogP contribution in [0.5, 0.6) is 11.5 Å². The van der Waals surface area contributed by atoms with Gasteiger partial charge in [-0.2, -0.15) is 8.78 Å².